The van der Waals surface area contributed by atoms with Crippen molar-refractivity contribution in [1.82, 2.24) is 15.0 Å². The van der Waals surface area contributed by atoms with E-state index in [1.807, 2.05) is 6.92 Å². The zero-order valence-corrected chi connectivity index (χ0v) is 8.31. The Labute approximate surface area is 86.5 Å². The van der Waals surface area contributed by atoms with Gasteiger partial charge >= 0.3 is 0 Å². The lowest BCUT2D eigenvalue weighted by Gasteiger charge is -2.04. The van der Waals surface area contributed by atoms with Crippen LogP contribution in [0.2, 0.25) is 0 Å². The molecule has 2 rings (SSSR count). The molecule has 0 fully saturated rings. The molecule has 0 saturated heterocycles. The molecule has 0 saturated carbocycles. The topological polar surface area (TPSA) is 56.7 Å². The van der Waals surface area contributed by atoms with Gasteiger partial charge in [0.2, 0.25) is 0 Å². The van der Waals surface area contributed by atoms with E-state index in [1.165, 1.54) is 12.1 Å². The van der Waals surface area contributed by atoms with Crippen LogP contribution in [-0.2, 0) is 6.42 Å². The Balaban J connectivity index is 2.54. The first kappa shape index (κ1) is 9.64. The molecule has 5 heteroatoms. The number of aromatic nitrogens is 3. The van der Waals surface area contributed by atoms with E-state index in [0.717, 1.165) is 5.69 Å². The van der Waals surface area contributed by atoms with Crippen LogP contribution in [0.3, 0.4) is 0 Å². The van der Waals surface area contributed by atoms with Gasteiger partial charge in [0.15, 0.2) is 5.82 Å². The van der Waals surface area contributed by atoms with Gasteiger partial charge in [-0.3, -0.25) is 0 Å². The second kappa shape index (κ2) is 3.68. The van der Waals surface area contributed by atoms with Crippen molar-refractivity contribution in [2.45, 2.75) is 13.3 Å². The van der Waals surface area contributed by atoms with Crippen molar-refractivity contribution in [1.29, 1.82) is 0 Å². The molecule has 0 amide bonds. The van der Waals surface area contributed by atoms with Crippen molar-refractivity contribution >= 4 is 5.82 Å². The predicted molar refractivity (Wildman–Crippen MR) is 55.1 cm³/mol. The summed E-state index contributed by atoms with van der Waals surface area (Å²) >= 11 is 0. The minimum atomic E-state index is -0.302. The number of nitrogens with two attached hydrogens (primary N) is 1. The summed E-state index contributed by atoms with van der Waals surface area (Å²) in [5.74, 6) is 0.0883. The monoisotopic (exact) mass is 206 g/mol. The van der Waals surface area contributed by atoms with Crippen LogP contribution >= 0.6 is 0 Å². The molecule has 4 nitrogen and oxygen atoms in total. The third-order valence-electron chi connectivity index (χ3n) is 2.18. The van der Waals surface area contributed by atoms with E-state index >= 15 is 0 Å². The van der Waals surface area contributed by atoms with E-state index < -0.39 is 0 Å². The quantitative estimate of drug-likeness (QED) is 0.811. The number of halogens is 1. The Morgan fingerprint density at radius 3 is 2.93 bits per heavy atom. The number of rotatable bonds is 2. The molecule has 1 aromatic carbocycles. The van der Waals surface area contributed by atoms with Crippen molar-refractivity contribution in [3.8, 4) is 5.69 Å². The number of nitrogen functional groups attached to an aromatic ring is 1. The molecular formula is C10H11FN4. The number of benzene rings is 1. The molecule has 0 aliphatic carbocycles. The fraction of sp³-hybridized carbons (Fsp3) is 0.200. The molecule has 0 aliphatic heterocycles. The number of hydrogen-bond acceptors (Lipinski definition) is 3. The normalized spacial score (nSPS) is 10.5. The number of anilines is 1. The van der Waals surface area contributed by atoms with Crippen molar-refractivity contribution in [3.63, 3.8) is 0 Å². The predicted octanol–water partition coefficient (Wildman–Crippen LogP) is 1.55. The van der Waals surface area contributed by atoms with Crippen LogP contribution in [0.5, 0.6) is 0 Å². The lowest BCUT2D eigenvalue weighted by Crippen LogP contribution is -2.02. The second-order valence-electron chi connectivity index (χ2n) is 3.17. The maximum atomic E-state index is 13.0. The summed E-state index contributed by atoms with van der Waals surface area (Å²) in [7, 11) is 0. The summed E-state index contributed by atoms with van der Waals surface area (Å²) in [6, 6.07) is 6.17. The van der Waals surface area contributed by atoms with E-state index in [9.17, 15) is 4.39 Å². The van der Waals surface area contributed by atoms with Gasteiger partial charge < -0.3 is 5.73 Å². The van der Waals surface area contributed by atoms with Gasteiger partial charge in [-0.2, -0.15) is 0 Å². The molecule has 0 bridgehead atoms. The van der Waals surface area contributed by atoms with Gasteiger partial charge in [-0.05, 0) is 24.6 Å². The van der Waals surface area contributed by atoms with E-state index in [0.29, 0.717) is 17.9 Å². The number of hydrogen-bond donors (Lipinski definition) is 1. The highest BCUT2D eigenvalue weighted by atomic mass is 19.1. The van der Waals surface area contributed by atoms with E-state index in [2.05, 4.69) is 10.3 Å². The molecular weight excluding hydrogens is 195 g/mol. The maximum absolute atomic E-state index is 13.0. The Morgan fingerprint density at radius 1 is 1.47 bits per heavy atom. The lowest BCUT2D eigenvalue weighted by molar-refractivity contribution is 0.624. The van der Waals surface area contributed by atoms with Crippen molar-refractivity contribution in [2.75, 3.05) is 5.73 Å². The third kappa shape index (κ3) is 1.68. The Bertz CT molecular complexity index is 478. The first-order chi connectivity index (χ1) is 7.22. The first-order valence-electron chi connectivity index (χ1n) is 4.68. The van der Waals surface area contributed by atoms with Crippen molar-refractivity contribution < 1.29 is 4.39 Å². The van der Waals surface area contributed by atoms with E-state index in [-0.39, 0.29) is 5.82 Å². The fourth-order valence-electron chi connectivity index (χ4n) is 1.46. The van der Waals surface area contributed by atoms with Crippen molar-refractivity contribution in [3.05, 3.63) is 35.8 Å². The van der Waals surface area contributed by atoms with Crippen LogP contribution in [0, 0.1) is 5.82 Å². The SMILES string of the molecule is CCc1c(N)nnn1-c1cccc(F)c1. The molecule has 2 aromatic rings. The highest BCUT2D eigenvalue weighted by molar-refractivity contribution is 5.40. The molecule has 0 atom stereocenters. The largest absolute Gasteiger partial charge is 0.381 e. The first-order valence-corrected chi connectivity index (χ1v) is 4.68. The zero-order valence-electron chi connectivity index (χ0n) is 8.31. The average molecular weight is 206 g/mol. The Kier molecular flexibility index (Phi) is 2.37. The third-order valence-corrected chi connectivity index (χ3v) is 2.18. The van der Waals surface area contributed by atoms with Crippen LogP contribution in [0.4, 0.5) is 10.2 Å². The van der Waals surface area contributed by atoms with Gasteiger partial charge in [-0.15, -0.1) is 5.10 Å². The van der Waals surface area contributed by atoms with Crippen LogP contribution < -0.4 is 5.73 Å². The highest BCUT2D eigenvalue weighted by Gasteiger charge is 2.09. The molecule has 15 heavy (non-hydrogen) atoms. The molecule has 0 aliphatic rings. The highest BCUT2D eigenvalue weighted by Crippen LogP contribution is 2.15. The molecule has 0 radical (unpaired) electrons. The van der Waals surface area contributed by atoms with E-state index in [4.69, 9.17) is 5.73 Å². The van der Waals surface area contributed by atoms with Crippen LogP contribution in [0.15, 0.2) is 24.3 Å². The molecule has 1 heterocycles. The molecule has 0 spiro atoms. The smallest absolute Gasteiger partial charge is 0.169 e. The molecule has 2 N–H and O–H groups in total. The zero-order chi connectivity index (χ0) is 10.8. The van der Waals surface area contributed by atoms with Crippen molar-refractivity contribution in [2.24, 2.45) is 0 Å². The van der Waals surface area contributed by atoms with Gasteiger partial charge in [0.1, 0.15) is 5.82 Å². The summed E-state index contributed by atoms with van der Waals surface area (Å²) in [6.07, 6.45) is 0.704. The number of nitrogens with zero attached hydrogens (tertiary/aromatic N) is 3. The summed E-state index contributed by atoms with van der Waals surface area (Å²) in [5, 5.41) is 7.63. The summed E-state index contributed by atoms with van der Waals surface area (Å²) < 4.78 is 14.6. The summed E-state index contributed by atoms with van der Waals surface area (Å²) in [6.45, 7) is 1.95. The molecule has 0 unspecified atom stereocenters. The molecule has 1 aromatic heterocycles. The second-order valence-corrected chi connectivity index (χ2v) is 3.17. The fourth-order valence-corrected chi connectivity index (χ4v) is 1.46. The van der Waals surface area contributed by atoms with Gasteiger partial charge in [-0.25, -0.2) is 9.07 Å². The lowest BCUT2D eigenvalue weighted by atomic mass is 10.3. The maximum Gasteiger partial charge on any atom is 0.169 e. The van der Waals surface area contributed by atoms with Gasteiger partial charge in [0, 0.05) is 0 Å². The Morgan fingerprint density at radius 2 is 2.27 bits per heavy atom. The van der Waals surface area contributed by atoms with Crippen LogP contribution in [-0.4, -0.2) is 15.0 Å². The van der Waals surface area contributed by atoms with Crippen LogP contribution in [0.1, 0.15) is 12.6 Å². The van der Waals surface area contributed by atoms with Gasteiger partial charge in [-0.1, -0.05) is 18.2 Å². The van der Waals surface area contributed by atoms with Gasteiger partial charge in [0.05, 0.1) is 11.4 Å². The van der Waals surface area contributed by atoms with Crippen LogP contribution in [0.25, 0.3) is 5.69 Å². The van der Waals surface area contributed by atoms with Gasteiger partial charge in [0.25, 0.3) is 0 Å². The van der Waals surface area contributed by atoms with E-state index in [1.54, 1.807) is 16.8 Å². The standard InChI is InChI=1S/C10H11FN4/c1-2-9-10(12)13-14-15(9)8-5-3-4-7(11)6-8/h3-6H,2,12H2,1H3. The minimum Gasteiger partial charge on any atom is -0.381 e. The Hall–Kier alpha value is -1.91. The minimum absolute atomic E-state index is 0.302. The summed E-state index contributed by atoms with van der Waals surface area (Å²) in [4.78, 5) is 0. The average Bonchev–Trinajstić information content (AvgIpc) is 2.59. The summed E-state index contributed by atoms with van der Waals surface area (Å²) in [5.41, 5.74) is 7.07. The molecule has 78 valence electrons.